The second-order valence-electron chi connectivity index (χ2n) is 3.11. The van der Waals surface area contributed by atoms with Gasteiger partial charge in [-0.3, -0.25) is 14.5 Å². The highest BCUT2D eigenvalue weighted by molar-refractivity contribution is 5.69. The number of hydrogen-bond donors (Lipinski definition) is 2. The van der Waals surface area contributed by atoms with E-state index in [4.69, 9.17) is 10.2 Å². The molecule has 0 saturated carbocycles. The molecule has 5 heteroatoms. The van der Waals surface area contributed by atoms with Gasteiger partial charge in [0.2, 0.25) is 0 Å². The normalized spacial score (nSPS) is 10.4. The van der Waals surface area contributed by atoms with Gasteiger partial charge in [-0.25, -0.2) is 0 Å². The summed E-state index contributed by atoms with van der Waals surface area (Å²) in [6.45, 7) is 3.25. The number of unbranched alkanes of at least 4 members (excludes halogenated alkanes) is 1. The summed E-state index contributed by atoms with van der Waals surface area (Å²) < 4.78 is 0. The molecule has 0 aliphatic heterocycles. The van der Waals surface area contributed by atoms with Crippen molar-refractivity contribution in [1.82, 2.24) is 4.90 Å². The van der Waals surface area contributed by atoms with E-state index < -0.39 is 11.9 Å². The molecule has 5 nitrogen and oxygen atoms in total. The Balaban J connectivity index is 3.52. The molecule has 0 aromatic heterocycles. The first-order valence-electron chi connectivity index (χ1n) is 4.72. The predicted molar refractivity (Wildman–Crippen MR) is 51.2 cm³/mol. The zero-order chi connectivity index (χ0) is 11.0. The molecule has 82 valence electrons. The van der Waals surface area contributed by atoms with E-state index in [0.29, 0.717) is 19.5 Å². The zero-order valence-corrected chi connectivity index (χ0v) is 8.40. The minimum absolute atomic E-state index is 0.0313. The second-order valence-corrected chi connectivity index (χ2v) is 3.11. The van der Waals surface area contributed by atoms with Crippen molar-refractivity contribution in [2.24, 2.45) is 0 Å². The van der Waals surface area contributed by atoms with Crippen molar-refractivity contribution in [2.45, 2.75) is 26.2 Å². The first-order chi connectivity index (χ1) is 6.56. The third kappa shape index (κ3) is 7.54. The minimum Gasteiger partial charge on any atom is -0.481 e. The number of hydrogen-bond acceptors (Lipinski definition) is 3. The van der Waals surface area contributed by atoms with Crippen LogP contribution in [0.25, 0.3) is 0 Å². The molecule has 0 saturated heterocycles. The summed E-state index contributed by atoms with van der Waals surface area (Å²) in [5, 5.41) is 16.9. The summed E-state index contributed by atoms with van der Waals surface area (Å²) in [5.41, 5.74) is 0. The smallest absolute Gasteiger partial charge is 0.317 e. The predicted octanol–water partition coefficient (Wildman–Crippen LogP) is 0.648. The van der Waals surface area contributed by atoms with Gasteiger partial charge in [-0.05, 0) is 25.9 Å². The highest BCUT2D eigenvalue weighted by Gasteiger charge is 2.06. The quantitative estimate of drug-likeness (QED) is 0.566. The molecule has 0 rings (SSSR count). The lowest BCUT2D eigenvalue weighted by atomic mass is 10.2. The Morgan fingerprint density at radius 3 is 2.21 bits per heavy atom. The Labute approximate surface area is 83.3 Å². The zero-order valence-electron chi connectivity index (χ0n) is 8.40. The first-order valence-corrected chi connectivity index (χ1v) is 4.72. The Kier molecular flexibility index (Phi) is 6.74. The lowest BCUT2D eigenvalue weighted by molar-refractivity contribution is -0.139. The van der Waals surface area contributed by atoms with Crippen LogP contribution in [0.1, 0.15) is 26.2 Å². The minimum atomic E-state index is -0.843. The molecule has 0 spiro atoms. The monoisotopic (exact) mass is 203 g/mol. The van der Waals surface area contributed by atoms with Crippen LogP contribution in [0.5, 0.6) is 0 Å². The number of rotatable bonds is 8. The number of likely N-dealkylation sites (N-methyl/N-ethyl adjacent to an activating group) is 1. The average molecular weight is 203 g/mol. The average Bonchev–Trinajstić information content (AvgIpc) is 2.09. The molecule has 0 bridgehead atoms. The standard InChI is InChI=1S/C9H17NO4/c1-2-10(7-9(13)14)6-4-3-5-8(11)12/h2-7H2,1H3,(H,11,12)(H,13,14). The van der Waals surface area contributed by atoms with Crippen LogP contribution >= 0.6 is 0 Å². The van der Waals surface area contributed by atoms with Crippen molar-refractivity contribution >= 4 is 11.9 Å². The lowest BCUT2D eigenvalue weighted by Gasteiger charge is -2.17. The number of carboxylic acids is 2. The fourth-order valence-electron chi connectivity index (χ4n) is 1.15. The maximum Gasteiger partial charge on any atom is 0.317 e. The van der Waals surface area contributed by atoms with Crippen LogP contribution in [0, 0.1) is 0 Å². The fraction of sp³-hybridized carbons (Fsp3) is 0.778. The molecule has 0 atom stereocenters. The molecule has 0 fully saturated rings. The van der Waals surface area contributed by atoms with Gasteiger partial charge in [0.15, 0.2) is 0 Å². The van der Waals surface area contributed by atoms with Crippen LogP contribution in [0.3, 0.4) is 0 Å². The summed E-state index contributed by atoms with van der Waals surface area (Å²) in [6, 6.07) is 0. The van der Waals surface area contributed by atoms with Gasteiger partial charge in [0.25, 0.3) is 0 Å². The van der Waals surface area contributed by atoms with Gasteiger partial charge in [0.1, 0.15) is 0 Å². The van der Waals surface area contributed by atoms with Crippen molar-refractivity contribution < 1.29 is 19.8 Å². The van der Waals surface area contributed by atoms with Crippen LogP contribution in [-0.2, 0) is 9.59 Å². The topological polar surface area (TPSA) is 77.8 Å². The van der Waals surface area contributed by atoms with Crippen LogP contribution in [0.15, 0.2) is 0 Å². The molecule has 0 aliphatic rings. The van der Waals surface area contributed by atoms with Crippen LogP contribution in [0.2, 0.25) is 0 Å². The van der Waals surface area contributed by atoms with E-state index in [1.54, 1.807) is 4.90 Å². The van der Waals surface area contributed by atoms with E-state index in [-0.39, 0.29) is 13.0 Å². The number of carbonyl (C=O) groups is 2. The fourth-order valence-corrected chi connectivity index (χ4v) is 1.15. The molecule has 0 unspecified atom stereocenters. The molecule has 0 heterocycles. The van der Waals surface area contributed by atoms with Gasteiger partial charge in [-0.2, -0.15) is 0 Å². The SMILES string of the molecule is CCN(CCCCC(=O)O)CC(=O)O. The van der Waals surface area contributed by atoms with Crippen molar-refractivity contribution in [1.29, 1.82) is 0 Å². The number of aliphatic carboxylic acids is 2. The van der Waals surface area contributed by atoms with Gasteiger partial charge in [0.05, 0.1) is 6.54 Å². The summed E-state index contributed by atoms with van der Waals surface area (Å²) >= 11 is 0. The molecule has 0 aromatic rings. The van der Waals surface area contributed by atoms with E-state index in [1.807, 2.05) is 6.92 Å². The summed E-state index contributed by atoms with van der Waals surface area (Å²) in [4.78, 5) is 22.3. The highest BCUT2D eigenvalue weighted by atomic mass is 16.4. The van der Waals surface area contributed by atoms with Crippen LogP contribution in [0.4, 0.5) is 0 Å². The largest absolute Gasteiger partial charge is 0.481 e. The summed E-state index contributed by atoms with van der Waals surface area (Å²) in [5.74, 6) is -1.64. The van der Waals surface area contributed by atoms with E-state index in [9.17, 15) is 9.59 Å². The Hall–Kier alpha value is -1.10. The number of nitrogens with zero attached hydrogens (tertiary/aromatic N) is 1. The summed E-state index contributed by atoms with van der Waals surface area (Å²) in [6.07, 6.45) is 1.49. The molecule has 0 aromatic carbocycles. The number of carboxylic acid groups (broad SMARTS) is 2. The Morgan fingerprint density at radius 2 is 1.79 bits per heavy atom. The molecule has 14 heavy (non-hydrogen) atoms. The second kappa shape index (κ2) is 7.32. The first kappa shape index (κ1) is 12.9. The van der Waals surface area contributed by atoms with E-state index >= 15 is 0 Å². The van der Waals surface area contributed by atoms with Crippen molar-refractivity contribution in [3.8, 4) is 0 Å². The molecular formula is C9H17NO4. The van der Waals surface area contributed by atoms with E-state index in [1.165, 1.54) is 0 Å². The van der Waals surface area contributed by atoms with Crippen molar-refractivity contribution in [2.75, 3.05) is 19.6 Å². The van der Waals surface area contributed by atoms with Crippen molar-refractivity contribution in [3.05, 3.63) is 0 Å². The molecule has 0 amide bonds. The van der Waals surface area contributed by atoms with Gasteiger partial charge >= 0.3 is 11.9 Å². The van der Waals surface area contributed by atoms with E-state index in [0.717, 1.165) is 6.42 Å². The lowest BCUT2D eigenvalue weighted by Crippen LogP contribution is -2.30. The Morgan fingerprint density at radius 1 is 1.14 bits per heavy atom. The van der Waals surface area contributed by atoms with Gasteiger partial charge in [-0.15, -0.1) is 0 Å². The van der Waals surface area contributed by atoms with Crippen LogP contribution < -0.4 is 0 Å². The molecular weight excluding hydrogens is 186 g/mol. The molecule has 0 aliphatic carbocycles. The van der Waals surface area contributed by atoms with Crippen LogP contribution in [-0.4, -0.2) is 46.7 Å². The third-order valence-electron chi connectivity index (χ3n) is 1.92. The third-order valence-corrected chi connectivity index (χ3v) is 1.92. The van der Waals surface area contributed by atoms with Gasteiger partial charge in [-0.1, -0.05) is 6.92 Å². The molecule has 0 radical (unpaired) electrons. The van der Waals surface area contributed by atoms with E-state index in [2.05, 4.69) is 0 Å². The summed E-state index contributed by atoms with van der Waals surface area (Å²) in [7, 11) is 0. The maximum atomic E-state index is 10.4. The van der Waals surface area contributed by atoms with Crippen molar-refractivity contribution in [3.63, 3.8) is 0 Å². The van der Waals surface area contributed by atoms with Gasteiger partial charge < -0.3 is 10.2 Å². The Bertz CT molecular complexity index is 193. The van der Waals surface area contributed by atoms with Gasteiger partial charge in [0, 0.05) is 6.42 Å². The highest BCUT2D eigenvalue weighted by Crippen LogP contribution is 1.98. The molecule has 2 N–H and O–H groups in total. The maximum absolute atomic E-state index is 10.4.